The molecule has 0 spiro atoms. The summed E-state index contributed by atoms with van der Waals surface area (Å²) in [5.74, 6) is 2.50. The number of aliphatic imine (C=N–C) groups is 2. The molecular formula is C92H94Br2N6. The van der Waals surface area contributed by atoms with Crippen molar-refractivity contribution in [1.29, 1.82) is 0 Å². The summed E-state index contributed by atoms with van der Waals surface area (Å²) in [5, 5.41) is 3.97. The maximum Gasteiger partial charge on any atom is 0.106 e. The molecule has 6 nitrogen and oxygen atoms in total. The Balaban J connectivity index is 0.000000180. The van der Waals surface area contributed by atoms with Gasteiger partial charge in [-0.1, -0.05) is 311 Å². The number of benzene rings is 9. The lowest BCUT2D eigenvalue weighted by molar-refractivity contribution is 0.821. The van der Waals surface area contributed by atoms with E-state index in [4.69, 9.17) is 9.98 Å². The van der Waals surface area contributed by atoms with Crippen LogP contribution in [0.25, 0.3) is 22.5 Å². The molecule has 1 atom stereocenters. The Kier molecular flexibility index (Phi) is 29.2. The van der Waals surface area contributed by atoms with Gasteiger partial charge in [0.05, 0.1) is 40.2 Å². The molecule has 0 aliphatic rings. The third-order valence-electron chi connectivity index (χ3n) is 17.0. The fourth-order valence-electron chi connectivity index (χ4n) is 11.9. The van der Waals surface area contributed by atoms with E-state index in [0.717, 1.165) is 76.6 Å². The summed E-state index contributed by atoms with van der Waals surface area (Å²) in [6, 6.07) is 95.0. The van der Waals surface area contributed by atoms with Gasteiger partial charge in [-0.2, -0.15) is 0 Å². The van der Waals surface area contributed by atoms with Gasteiger partial charge in [-0.3, -0.25) is 9.97 Å². The number of hydrogen-bond acceptors (Lipinski definition) is 6. The standard InChI is InChI=1S/C30H32N2.C30H30N2.C25H26BrN.C5H4BrN.C2H2/c2*1-21(2)26-16-11-17-27(22(3)4)30(26)32-29(23-12-6-5-7-13-23)25-15-10-14-24(20-25)28-18-8-9-19-31-28;1-17(2)22-14-9-15-23(18(3)4)25(22)27-24(19-10-6-5-7-11-19)20-12-8-13-21(26)16-20;6-5-3-1-2-4-7-5;1-2/h5-22,29,32H,1-4H3;5-22H,1-4H3;5-18H,1-4H3;1-4H;1-2H. The van der Waals surface area contributed by atoms with Gasteiger partial charge in [-0.05, 0) is 157 Å². The van der Waals surface area contributed by atoms with E-state index in [1.165, 1.54) is 50.2 Å². The third kappa shape index (κ3) is 21.1. The second kappa shape index (κ2) is 38.4. The highest BCUT2D eigenvalue weighted by Crippen LogP contribution is 2.40. The van der Waals surface area contributed by atoms with Crippen molar-refractivity contribution in [1.82, 2.24) is 15.0 Å². The monoisotopic (exact) mass is 1440 g/mol. The average molecular weight is 1440 g/mol. The van der Waals surface area contributed by atoms with Crippen LogP contribution in [0, 0.1) is 12.8 Å². The van der Waals surface area contributed by atoms with E-state index in [9.17, 15) is 0 Å². The zero-order valence-electron chi connectivity index (χ0n) is 59.9. The highest BCUT2D eigenvalue weighted by Gasteiger charge is 2.22. The summed E-state index contributed by atoms with van der Waals surface area (Å²) >= 11 is 6.81. The van der Waals surface area contributed by atoms with Gasteiger partial charge in [0.15, 0.2) is 0 Å². The van der Waals surface area contributed by atoms with E-state index in [1.807, 2.05) is 79.1 Å². The maximum absolute atomic E-state index is 5.37. The van der Waals surface area contributed by atoms with Crippen molar-refractivity contribution in [3.63, 3.8) is 0 Å². The number of nitrogens with one attached hydrogen (secondary N) is 1. The van der Waals surface area contributed by atoms with Gasteiger partial charge in [0, 0.05) is 62.1 Å². The van der Waals surface area contributed by atoms with Gasteiger partial charge < -0.3 is 5.32 Å². The van der Waals surface area contributed by atoms with Crippen LogP contribution in [0.5, 0.6) is 0 Å². The molecule has 1 N–H and O–H groups in total. The molecule has 1 unspecified atom stereocenters. The van der Waals surface area contributed by atoms with Crippen molar-refractivity contribution >= 4 is 60.3 Å². The van der Waals surface area contributed by atoms with E-state index in [0.29, 0.717) is 35.5 Å². The van der Waals surface area contributed by atoms with Crippen LogP contribution >= 0.6 is 31.9 Å². The number of para-hydroxylation sites is 3. The van der Waals surface area contributed by atoms with E-state index < -0.39 is 0 Å². The van der Waals surface area contributed by atoms with Gasteiger partial charge in [0.2, 0.25) is 0 Å². The fraction of sp³-hybridized carbons (Fsp3) is 0.207. The minimum absolute atomic E-state index is 0.0391. The second-order valence-corrected chi connectivity index (χ2v) is 28.0. The summed E-state index contributed by atoms with van der Waals surface area (Å²) < 4.78 is 1.94. The van der Waals surface area contributed by atoms with Gasteiger partial charge in [0.1, 0.15) is 4.60 Å². The minimum atomic E-state index is 0.0391. The van der Waals surface area contributed by atoms with Gasteiger partial charge >= 0.3 is 0 Å². The van der Waals surface area contributed by atoms with Crippen LogP contribution in [0.1, 0.15) is 191 Å². The number of pyridine rings is 3. The smallest absolute Gasteiger partial charge is 0.106 e. The van der Waals surface area contributed by atoms with Gasteiger partial charge in [-0.15, -0.1) is 12.8 Å². The first-order valence-corrected chi connectivity index (χ1v) is 36.2. The number of aromatic nitrogens is 3. The highest BCUT2D eigenvalue weighted by molar-refractivity contribution is 9.10. The lowest BCUT2D eigenvalue weighted by atomic mass is 9.90. The molecule has 100 heavy (non-hydrogen) atoms. The molecule has 0 aliphatic heterocycles. The number of terminal acetylenes is 1. The van der Waals surface area contributed by atoms with Crippen molar-refractivity contribution in [3.8, 4) is 35.4 Å². The first kappa shape index (κ1) is 75.9. The Morgan fingerprint density at radius 3 is 1.04 bits per heavy atom. The van der Waals surface area contributed by atoms with Crippen molar-refractivity contribution in [3.05, 3.63) is 367 Å². The predicted molar refractivity (Wildman–Crippen MR) is 435 cm³/mol. The molecule has 0 saturated heterocycles. The van der Waals surface area contributed by atoms with Crippen molar-refractivity contribution in [2.75, 3.05) is 5.32 Å². The summed E-state index contributed by atoms with van der Waals surface area (Å²) in [5.41, 5.74) is 24.4. The molecule has 3 aromatic heterocycles. The molecule has 0 aliphatic carbocycles. The van der Waals surface area contributed by atoms with E-state index in [1.54, 1.807) is 6.20 Å². The van der Waals surface area contributed by atoms with Crippen molar-refractivity contribution < 1.29 is 0 Å². The highest BCUT2D eigenvalue weighted by atomic mass is 79.9. The quantitative estimate of drug-likeness (QED) is 0.0528. The Hall–Kier alpha value is -9.91. The summed E-state index contributed by atoms with van der Waals surface area (Å²) in [4.78, 5) is 23.6. The molecular weight excluding hydrogens is 1350 g/mol. The molecule has 0 radical (unpaired) electrons. The third-order valence-corrected chi connectivity index (χ3v) is 18.0. The van der Waals surface area contributed by atoms with Crippen molar-refractivity contribution in [2.45, 2.75) is 125 Å². The normalized spacial score (nSPS) is 11.6. The zero-order valence-corrected chi connectivity index (χ0v) is 63.1. The first-order valence-electron chi connectivity index (χ1n) is 34.6. The Labute approximate surface area is 613 Å². The molecule has 3 heterocycles. The second-order valence-electron chi connectivity index (χ2n) is 26.2. The molecule has 12 rings (SSSR count). The maximum atomic E-state index is 5.37. The summed E-state index contributed by atoms with van der Waals surface area (Å²) in [7, 11) is 0. The summed E-state index contributed by atoms with van der Waals surface area (Å²) in [6.45, 7) is 27.0. The molecule has 0 saturated carbocycles. The lowest BCUT2D eigenvalue weighted by Gasteiger charge is -2.27. The average Bonchev–Trinajstić information content (AvgIpc) is 0.809. The Morgan fingerprint density at radius 2 is 0.660 bits per heavy atom. The molecule has 9 aromatic carbocycles. The summed E-state index contributed by atoms with van der Waals surface area (Å²) in [6.07, 6.45) is 13.4. The molecule has 0 fully saturated rings. The Bertz CT molecular complexity index is 4470. The van der Waals surface area contributed by atoms with E-state index >= 15 is 0 Å². The molecule has 0 amide bonds. The minimum Gasteiger partial charge on any atom is -0.374 e. The topological polar surface area (TPSA) is 75.4 Å². The van der Waals surface area contributed by atoms with Gasteiger partial charge in [-0.25, -0.2) is 15.0 Å². The van der Waals surface area contributed by atoms with Crippen molar-refractivity contribution in [2.24, 2.45) is 9.98 Å². The number of anilines is 1. The number of halogens is 2. The van der Waals surface area contributed by atoms with Crippen LogP contribution in [0.3, 0.4) is 0 Å². The SMILES string of the molecule is Brc1ccccn1.C#C.CC(C)c1cccc(C(C)C)c1N=C(c1ccccc1)c1cccc(-c2ccccn2)c1.CC(C)c1cccc(C(C)C)c1N=C(c1ccccc1)c1cccc(Br)c1.CC(C)c1cccc(C(C)C)c1NC(c1ccccc1)c1cccc(-c2ccccn2)c1. The first-order chi connectivity index (χ1) is 48.4. The molecule has 0 bridgehead atoms. The van der Waals surface area contributed by atoms with Crippen LogP contribution in [-0.2, 0) is 0 Å². The van der Waals surface area contributed by atoms with E-state index in [-0.39, 0.29) is 6.04 Å². The fourth-order valence-corrected chi connectivity index (χ4v) is 12.6. The van der Waals surface area contributed by atoms with Crippen LogP contribution in [-0.4, -0.2) is 26.4 Å². The molecule has 8 heteroatoms. The van der Waals surface area contributed by atoms with Gasteiger partial charge in [0.25, 0.3) is 0 Å². The molecule has 12 aromatic rings. The largest absolute Gasteiger partial charge is 0.374 e. The Morgan fingerprint density at radius 1 is 0.320 bits per heavy atom. The lowest BCUT2D eigenvalue weighted by Crippen LogP contribution is -2.16. The van der Waals surface area contributed by atoms with Crippen LogP contribution in [0.2, 0.25) is 0 Å². The number of hydrogen-bond donors (Lipinski definition) is 1. The van der Waals surface area contributed by atoms with E-state index in [2.05, 4.69) is 354 Å². The van der Waals surface area contributed by atoms with Crippen LogP contribution in [0.4, 0.5) is 17.1 Å². The van der Waals surface area contributed by atoms with Crippen LogP contribution in [0.15, 0.2) is 311 Å². The van der Waals surface area contributed by atoms with Crippen LogP contribution < -0.4 is 5.32 Å². The number of rotatable bonds is 18. The zero-order chi connectivity index (χ0) is 71.5. The molecule has 506 valence electrons. The number of nitrogens with zero attached hydrogens (tertiary/aromatic N) is 5. The predicted octanol–water partition coefficient (Wildman–Crippen LogP) is 26.3.